The third kappa shape index (κ3) is 5.38. The molecule has 0 radical (unpaired) electrons. The predicted molar refractivity (Wildman–Crippen MR) is 127 cm³/mol. The van der Waals surface area contributed by atoms with Gasteiger partial charge < -0.3 is 19.5 Å². The summed E-state index contributed by atoms with van der Waals surface area (Å²) >= 11 is 0. The molecular weight excluding hydrogens is 444 g/mol. The molecule has 8 nitrogen and oxygen atoms in total. The molecule has 2 N–H and O–H groups in total. The summed E-state index contributed by atoms with van der Waals surface area (Å²) in [6, 6.07) is 14.2. The van der Waals surface area contributed by atoms with E-state index >= 15 is 0 Å². The molecule has 3 aromatic carbocycles. The standard InChI is InChI=1S/C24H26N2O6S/c1-15-6-9-18(12-16(15)2)26-33(28,29)20-10-7-17(8-11-20)24(27)25-19-13-21(30-3)23(32-5)22(14-19)31-4/h6-14,26H,1-5H3,(H,25,27). The zero-order valence-electron chi connectivity index (χ0n) is 19.1. The van der Waals surface area contributed by atoms with Crippen molar-refractivity contribution in [3.63, 3.8) is 0 Å². The number of anilines is 2. The van der Waals surface area contributed by atoms with E-state index in [0.717, 1.165) is 11.1 Å². The van der Waals surface area contributed by atoms with E-state index in [-0.39, 0.29) is 10.5 Å². The van der Waals surface area contributed by atoms with Gasteiger partial charge in [-0.2, -0.15) is 0 Å². The van der Waals surface area contributed by atoms with Crippen LogP contribution in [0.2, 0.25) is 0 Å². The first-order chi connectivity index (χ1) is 15.7. The van der Waals surface area contributed by atoms with E-state index in [1.165, 1.54) is 45.6 Å². The van der Waals surface area contributed by atoms with Crippen molar-refractivity contribution in [1.82, 2.24) is 0 Å². The summed E-state index contributed by atoms with van der Waals surface area (Å²) in [5.41, 5.74) is 3.24. The highest BCUT2D eigenvalue weighted by atomic mass is 32.2. The molecule has 0 fully saturated rings. The number of benzene rings is 3. The molecule has 0 aromatic heterocycles. The number of hydrogen-bond acceptors (Lipinski definition) is 6. The largest absolute Gasteiger partial charge is 0.493 e. The number of hydrogen-bond donors (Lipinski definition) is 2. The van der Waals surface area contributed by atoms with Crippen LogP contribution in [0.3, 0.4) is 0 Å². The average molecular weight is 471 g/mol. The molecule has 3 rings (SSSR count). The lowest BCUT2D eigenvalue weighted by molar-refractivity contribution is 0.102. The lowest BCUT2D eigenvalue weighted by Gasteiger charge is -2.15. The molecule has 0 aliphatic heterocycles. The van der Waals surface area contributed by atoms with Crippen molar-refractivity contribution in [2.24, 2.45) is 0 Å². The van der Waals surface area contributed by atoms with E-state index in [0.29, 0.717) is 28.6 Å². The summed E-state index contributed by atoms with van der Waals surface area (Å²) in [7, 11) is 0.651. The fraction of sp³-hybridized carbons (Fsp3) is 0.208. The van der Waals surface area contributed by atoms with Gasteiger partial charge >= 0.3 is 0 Å². The second-order valence-corrected chi connectivity index (χ2v) is 8.98. The van der Waals surface area contributed by atoms with Crippen LogP contribution in [0.15, 0.2) is 59.5 Å². The number of methoxy groups -OCH3 is 3. The number of carbonyl (C=O) groups excluding carboxylic acids is 1. The predicted octanol–water partition coefficient (Wildman–Crippen LogP) is 4.38. The molecule has 0 bridgehead atoms. The minimum atomic E-state index is -3.80. The van der Waals surface area contributed by atoms with Crippen LogP contribution in [0.5, 0.6) is 17.2 Å². The van der Waals surface area contributed by atoms with Crippen LogP contribution in [0.4, 0.5) is 11.4 Å². The summed E-state index contributed by atoms with van der Waals surface area (Å²) in [5, 5.41) is 2.75. The maximum Gasteiger partial charge on any atom is 0.261 e. The Morgan fingerprint density at radius 1 is 0.758 bits per heavy atom. The second kappa shape index (κ2) is 9.83. The van der Waals surface area contributed by atoms with Gasteiger partial charge in [0.1, 0.15) is 0 Å². The third-order valence-electron chi connectivity index (χ3n) is 5.11. The van der Waals surface area contributed by atoms with Crippen LogP contribution >= 0.6 is 0 Å². The maximum absolute atomic E-state index is 12.7. The molecule has 0 heterocycles. The highest BCUT2D eigenvalue weighted by Crippen LogP contribution is 2.40. The molecule has 0 spiro atoms. The molecular formula is C24H26N2O6S. The van der Waals surface area contributed by atoms with Crippen molar-refractivity contribution in [2.45, 2.75) is 18.7 Å². The molecule has 33 heavy (non-hydrogen) atoms. The summed E-state index contributed by atoms with van der Waals surface area (Å²) in [5.74, 6) is 0.774. The van der Waals surface area contributed by atoms with Gasteiger partial charge in [-0.3, -0.25) is 9.52 Å². The molecule has 0 atom stereocenters. The lowest BCUT2D eigenvalue weighted by atomic mass is 10.1. The van der Waals surface area contributed by atoms with E-state index < -0.39 is 15.9 Å². The van der Waals surface area contributed by atoms with Gasteiger partial charge in [0.25, 0.3) is 15.9 Å². The molecule has 1 amide bonds. The van der Waals surface area contributed by atoms with Gasteiger partial charge in [0.05, 0.1) is 26.2 Å². The van der Waals surface area contributed by atoms with Crippen molar-refractivity contribution in [2.75, 3.05) is 31.4 Å². The monoisotopic (exact) mass is 470 g/mol. The SMILES string of the molecule is COc1cc(NC(=O)c2ccc(S(=O)(=O)Nc3ccc(C)c(C)c3)cc2)cc(OC)c1OC. The zero-order valence-corrected chi connectivity index (χ0v) is 19.9. The van der Waals surface area contributed by atoms with Crippen molar-refractivity contribution < 1.29 is 27.4 Å². The number of nitrogens with one attached hydrogen (secondary N) is 2. The second-order valence-electron chi connectivity index (χ2n) is 7.30. The molecule has 3 aromatic rings. The van der Waals surface area contributed by atoms with Crippen molar-refractivity contribution in [3.05, 3.63) is 71.3 Å². The van der Waals surface area contributed by atoms with Crippen LogP contribution < -0.4 is 24.2 Å². The van der Waals surface area contributed by atoms with Crippen molar-refractivity contribution >= 4 is 27.3 Å². The molecule has 0 aliphatic rings. The summed E-state index contributed by atoms with van der Waals surface area (Å²) < 4.78 is 43.9. The summed E-state index contributed by atoms with van der Waals surface area (Å²) in [6.45, 7) is 3.87. The zero-order chi connectivity index (χ0) is 24.2. The minimum Gasteiger partial charge on any atom is -0.493 e. The van der Waals surface area contributed by atoms with Crippen molar-refractivity contribution in [1.29, 1.82) is 0 Å². The molecule has 9 heteroatoms. The molecule has 0 aliphatic carbocycles. The number of ether oxygens (including phenoxy) is 3. The first-order valence-corrected chi connectivity index (χ1v) is 11.5. The highest BCUT2D eigenvalue weighted by molar-refractivity contribution is 7.92. The third-order valence-corrected chi connectivity index (χ3v) is 6.51. The lowest BCUT2D eigenvalue weighted by Crippen LogP contribution is -2.15. The van der Waals surface area contributed by atoms with Crippen LogP contribution in [0.1, 0.15) is 21.5 Å². The molecule has 174 valence electrons. The van der Waals surface area contributed by atoms with Gasteiger partial charge in [-0.15, -0.1) is 0 Å². The quantitative estimate of drug-likeness (QED) is 0.506. The Morgan fingerprint density at radius 3 is 1.88 bits per heavy atom. The van der Waals surface area contributed by atoms with Gasteiger partial charge in [0.15, 0.2) is 11.5 Å². The number of carbonyl (C=O) groups is 1. The Hall–Kier alpha value is -3.72. The maximum atomic E-state index is 12.7. The number of sulfonamides is 1. The fourth-order valence-electron chi connectivity index (χ4n) is 3.16. The van der Waals surface area contributed by atoms with Gasteiger partial charge in [0.2, 0.25) is 5.75 Å². The van der Waals surface area contributed by atoms with E-state index in [2.05, 4.69) is 10.0 Å². The normalized spacial score (nSPS) is 10.9. The Labute approximate surface area is 193 Å². The van der Waals surface area contributed by atoms with Gasteiger partial charge in [-0.1, -0.05) is 6.07 Å². The van der Waals surface area contributed by atoms with Gasteiger partial charge in [-0.05, 0) is 61.4 Å². The van der Waals surface area contributed by atoms with Gasteiger partial charge in [-0.25, -0.2) is 8.42 Å². The van der Waals surface area contributed by atoms with Crippen LogP contribution in [0, 0.1) is 13.8 Å². The van der Waals surface area contributed by atoms with Crippen molar-refractivity contribution in [3.8, 4) is 17.2 Å². The Bertz CT molecular complexity index is 1250. The smallest absolute Gasteiger partial charge is 0.261 e. The minimum absolute atomic E-state index is 0.0464. The van der Waals surface area contributed by atoms with E-state index in [9.17, 15) is 13.2 Å². The summed E-state index contributed by atoms with van der Waals surface area (Å²) in [4.78, 5) is 12.7. The van der Waals surface area contributed by atoms with E-state index in [1.54, 1.807) is 24.3 Å². The topological polar surface area (TPSA) is 103 Å². The van der Waals surface area contributed by atoms with Crippen LogP contribution in [0.25, 0.3) is 0 Å². The first kappa shape index (κ1) is 23.9. The Balaban J connectivity index is 1.78. The number of aryl methyl sites for hydroxylation is 2. The molecule has 0 unspecified atom stereocenters. The number of rotatable bonds is 8. The number of amides is 1. The van der Waals surface area contributed by atoms with Crippen LogP contribution in [-0.4, -0.2) is 35.7 Å². The average Bonchev–Trinajstić information content (AvgIpc) is 2.80. The molecule has 0 saturated heterocycles. The van der Waals surface area contributed by atoms with Crippen LogP contribution in [-0.2, 0) is 10.0 Å². The molecule has 0 saturated carbocycles. The Kier molecular flexibility index (Phi) is 7.13. The van der Waals surface area contributed by atoms with E-state index in [1.807, 2.05) is 19.9 Å². The van der Waals surface area contributed by atoms with E-state index in [4.69, 9.17) is 14.2 Å². The highest BCUT2D eigenvalue weighted by Gasteiger charge is 2.17. The van der Waals surface area contributed by atoms with Gasteiger partial charge in [0, 0.05) is 29.1 Å². The summed E-state index contributed by atoms with van der Waals surface area (Å²) in [6.07, 6.45) is 0. The Morgan fingerprint density at radius 2 is 1.36 bits per heavy atom. The first-order valence-electron chi connectivity index (χ1n) is 10.00. The fourth-order valence-corrected chi connectivity index (χ4v) is 4.21.